The van der Waals surface area contributed by atoms with Crippen molar-refractivity contribution in [2.45, 2.75) is 17.1 Å². The molecule has 0 aliphatic carbocycles. The standard InChI is InChI=1S/C23H17F3N4O3S2/c24-23(25,26)33-17-10-8-16(9-11-17)27-20(32)13-34-22-30-29-21(35-22)28-19(31)12-15-6-3-5-14-4-1-2-7-18(14)15/h1-11H,12-13H2,(H,27,32)(H,28,29,31). The Morgan fingerprint density at radius 3 is 2.43 bits per heavy atom. The monoisotopic (exact) mass is 518 g/mol. The Morgan fingerprint density at radius 2 is 1.66 bits per heavy atom. The SMILES string of the molecule is O=C(CSc1nnc(NC(=O)Cc2cccc3ccccc23)s1)Nc1ccc(OC(F)(F)F)cc1. The van der Waals surface area contributed by atoms with Crippen LogP contribution in [0.25, 0.3) is 10.8 Å². The Morgan fingerprint density at radius 1 is 0.914 bits per heavy atom. The van der Waals surface area contributed by atoms with Crippen molar-refractivity contribution in [1.82, 2.24) is 10.2 Å². The van der Waals surface area contributed by atoms with Gasteiger partial charge in [-0.1, -0.05) is 65.6 Å². The minimum Gasteiger partial charge on any atom is -0.406 e. The van der Waals surface area contributed by atoms with Crippen LogP contribution in [-0.2, 0) is 16.0 Å². The van der Waals surface area contributed by atoms with Crippen LogP contribution in [0.4, 0.5) is 24.0 Å². The highest BCUT2D eigenvalue weighted by Gasteiger charge is 2.31. The number of hydrogen-bond donors (Lipinski definition) is 2. The average molecular weight is 519 g/mol. The summed E-state index contributed by atoms with van der Waals surface area (Å²) in [5.41, 5.74) is 1.22. The summed E-state index contributed by atoms with van der Waals surface area (Å²) in [6.07, 6.45) is -4.60. The first-order chi connectivity index (χ1) is 16.7. The van der Waals surface area contributed by atoms with Crippen molar-refractivity contribution in [2.75, 3.05) is 16.4 Å². The number of thioether (sulfide) groups is 1. The van der Waals surface area contributed by atoms with Crippen LogP contribution < -0.4 is 15.4 Å². The topological polar surface area (TPSA) is 93.2 Å². The quantitative estimate of drug-likeness (QED) is 0.236. The van der Waals surface area contributed by atoms with Crippen LogP contribution in [-0.4, -0.2) is 34.1 Å². The normalized spacial score (nSPS) is 11.3. The molecule has 0 aliphatic rings. The number of ether oxygens (including phenoxy) is 1. The van der Waals surface area contributed by atoms with Gasteiger partial charge in [0.05, 0.1) is 12.2 Å². The lowest BCUT2D eigenvalue weighted by molar-refractivity contribution is -0.274. The Kier molecular flexibility index (Phi) is 7.51. The Balaban J connectivity index is 1.26. The van der Waals surface area contributed by atoms with Gasteiger partial charge in [-0.2, -0.15) is 0 Å². The number of fused-ring (bicyclic) bond motifs is 1. The first-order valence-electron chi connectivity index (χ1n) is 10.1. The molecule has 4 rings (SSSR count). The van der Waals surface area contributed by atoms with E-state index >= 15 is 0 Å². The van der Waals surface area contributed by atoms with Gasteiger partial charge in [0.1, 0.15) is 5.75 Å². The molecule has 35 heavy (non-hydrogen) atoms. The lowest BCUT2D eigenvalue weighted by atomic mass is 10.0. The van der Waals surface area contributed by atoms with Gasteiger partial charge in [-0.3, -0.25) is 9.59 Å². The predicted molar refractivity (Wildman–Crippen MR) is 129 cm³/mol. The predicted octanol–water partition coefficient (Wildman–Crippen LogP) is 5.50. The molecule has 1 aromatic heterocycles. The van der Waals surface area contributed by atoms with Gasteiger partial charge in [-0.05, 0) is 40.6 Å². The van der Waals surface area contributed by atoms with Crippen LogP contribution in [0, 0.1) is 0 Å². The highest BCUT2D eigenvalue weighted by Crippen LogP contribution is 2.27. The van der Waals surface area contributed by atoms with E-state index in [1.807, 2.05) is 42.5 Å². The molecule has 0 saturated carbocycles. The van der Waals surface area contributed by atoms with Gasteiger partial charge in [0, 0.05) is 5.69 Å². The van der Waals surface area contributed by atoms with E-state index < -0.39 is 6.36 Å². The molecule has 2 N–H and O–H groups in total. The Labute approximate surface area is 205 Å². The van der Waals surface area contributed by atoms with E-state index in [2.05, 4.69) is 25.6 Å². The number of alkyl halides is 3. The summed E-state index contributed by atoms with van der Waals surface area (Å²) in [4.78, 5) is 24.6. The van der Waals surface area contributed by atoms with Crippen LogP contribution in [0.1, 0.15) is 5.56 Å². The van der Waals surface area contributed by atoms with E-state index in [-0.39, 0.29) is 29.7 Å². The van der Waals surface area contributed by atoms with E-state index in [1.54, 1.807) is 0 Å². The number of amides is 2. The summed E-state index contributed by atoms with van der Waals surface area (Å²) in [6.45, 7) is 0. The van der Waals surface area contributed by atoms with Gasteiger partial charge in [0.25, 0.3) is 0 Å². The van der Waals surface area contributed by atoms with Crippen LogP contribution in [0.15, 0.2) is 71.1 Å². The number of carbonyl (C=O) groups excluding carboxylic acids is 2. The summed E-state index contributed by atoms with van der Waals surface area (Å²) >= 11 is 2.26. The fourth-order valence-corrected chi connectivity index (χ4v) is 4.73. The largest absolute Gasteiger partial charge is 0.573 e. The molecule has 0 aliphatic heterocycles. The maximum Gasteiger partial charge on any atom is 0.573 e. The molecule has 2 amide bonds. The Bertz CT molecular complexity index is 1340. The van der Waals surface area contributed by atoms with Crippen LogP contribution in [0.3, 0.4) is 0 Å². The van der Waals surface area contributed by atoms with Gasteiger partial charge in [0.15, 0.2) is 4.34 Å². The third-order valence-corrected chi connectivity index (χ3v) is 6.55. The summed E-state index contributed by atoms with van der Waals surface area (Å²) in [6, 6.07) is 18.4. The molecule has 0 spiro atoms. The molecule has 0 saturated heterocycles. The first kappa shape index (κ1) is 24.5. The van der Waals surface area contributed by atoms with Crippen LogP contribution in [0.2, 0.25) is 0 Å². The van der Waals surface area contributed by atoms with Gasteiger partial charge in [-0.25, -0.2) is 0 Å². The number of benzene rings is 3. The highest BCUT2D eigenvalue weighted by atomic mass is 32.2. The summed E-state index contributed by atoms with van der Waals surface area (Å²) in [5.74, 6) is -0.992. The van der Waals surface area contributed by atoms with E-state index in [0.29, 0.717) is 15.2 Å². The van der Waals surface area contributed by atoms with Gasteiger partial charge >= 0.3 is 6.36 Å². The summed E-state index contributed by atoms with van der Waals surface area (Å²) in [7, 11) is 0. The van der Waals surface area contributed by atoms with Crippen molar-refractivity contribution in [3.8, 4) is 5.75 Å². The number of aromatic nitrogens is 2. The van der Waals surface area contributed by atoms with Crippen molar-refractivity contribution in [2.24, 2.45) is 0 Å². The van der Waals surface area contributed by atoms with Crippen molar-refractivity contribution in [3.05, 3.63) is 72.3 Å². The Hall–Kier alpha value is -3.64. The van der Waals surface area contributed by atoms with E-state index in [0.717, 1.165) is 51.6 Å². The average Bonchev–Trinajstić information content (AvgIpc) is 3.25. The molecule has 1 heterocycles. The minimum absolute atomic E-state index is 0.000608. The maximum absolute atomic E-state index is 12.5. The second-order valence-corrected chi connectivity index (χ2v) is 9.35. The molecule has 0 radical (unpaired) electrons. The van der Waals surface area contributed by atoms with Crippen molar-refractivity contribution in [1.29, 1.82) is 0 Å². The third-order valence-electron chi connectivity index (χ3n) is 4.58. The van der Waals surface area contributed by atoms with E-state index in [4.69, 9.17) is 0 Å². The van der Waals surface area contributed by atoms with E-state index in [1.165, 1.54) is 12.1 Å². The molecule has 3 aromatic carbocycles. The first-order valence-corrected chi connectivity index (χ1v) is 11.9. The molecule has 0 atom stereocenters. The fraction of sp³-hybridized carbons (Fsp3) is 0.130. The number of nitrogens with zero attached hydrogens (tertiary/aromatic N) is 2. The molecule has 12 heteroatoms. The van der Waals surface area contributed by atoms with Crippen molar-refractivity contribution >= 4 is 56.5 Å². The minimum atomic E-state index is -4.78. The lowest BCUT2D eigenvalue weighted by Crippen LogP contribution is -2.17. The van der Waals surface area contributed by atoms with Gasteiger partial charge in [0.2, 0.25) is 16.9 Å². The molecule has 7 nitrogen and oxygen atoms in total. The number of nitrogens with one attached hydrogen (secondary N) is 2. The molecule has 4 aromatic rings. The molecular weight excluding hydrogens is 501 g/mol. The number of anilines is 2. The second kappa shape index (κ2) is 10.7. The summed E-state index contributed by atoms with van der Waals surface area (Å²) in [5, 5.41) is 15.6. The molecule has 180 valence electrons. The number of hydrogen-bond acceptors (Lipinski definition) is 7. The van der Waals surface area contributed by atoms with Gasteiger partial charge in [-0.15, -0.1) is 23.4 Å². The number of halogens is 3. The zero-order chi connectivity index (χ0) is 24.8. The molecule has 0 fully saturated rings. The second-order valence-electron chi connectivity index (χ2n) is 7.15. The fourth-order valence-electron chi connectivity index (χ4n) is 3.17. The molecule has 0 unspecified atom stereocenters. The molecule has 0 bridgehead atoms. The smallest absolute Gasteiger partial charge is 0.406 e. The molecular formula is C23H17F3N4O3S2. The summed E-state index contributed by atoms with van der Waals surface area (Å²) < 4.78 is 40.9. The maximum atomic E-state index is 12.5. The third kappa shape index (κ3) is 7.17. The highest BCUT2D eigenvalue weighted by molar-refractivity contribution is 8.01. The van der Waals surface area contributed by atoms with Gasteiger partial charge < -0.3 is 15.4 Å². The van der Waals surface area contributed by atoms with E-state index in [9.17, 15) is 22.8 Å². The van der Waals surface area contributed by atoms with Crippen molar-refractivity contribution in [3.63, 3.8) is 0 Å². The van der Waals surface area contributed by atoms with Crippen LogP contribution in [0.5, 0.6) is 5.75 Å². The van der Waals surface area contributed by atoms with Crippen LogP contribution >= 0.6 is 23.1 Å². The number of rotatable bonds is 8. The van der Waals surface area contributed by atoms with Crippen molar-refractivity contribution < 1.29 is 27.5 Å². The zero-order valence-electron chi connectivity index (χ0n) is 17.8. The zero-order valence-corrected chi connectivity index (χ0v) is 19.5. The number of carbonyl (C=O) groups is 2. The lowest BCUT2D eigenvalue weighted by Gasteiger charge is -2.09.